The molecule has 152 valence electrons. The highest BCUT2D eigenvalue weighted by Gasteiger charge is 2.24. The standard InChI is InChI=1S/C18H23N5O4.ClH/c1-23-8-7-20-10-13(23)18-21-17(27-22-18)6-4-12-3-5-14(15(9-12)25-2)26-11-16(19)24;/h3-6,9,13,20H,7-8,10-11H2,1-2H3,(H2,19,24);1H/b6-4+;. The molecular formula is C18H24ClN5O4. The SMILES string of the molecule is COc1cc(/C=C/c2nc(C3CNCCN3C)no2)ccc1OCC(N)=O.Cl. The Morgan fingerprint density at radius 2 is 2.25 bits per heavy atom. The fourth-order valence-corrected chi connectivity index (χ4v) is 2.77. The normalized spacial score (nSPS) is 17.3. The van der Waals surface area contributed by atoms with Crippen LogP contribution in [-0.4, -0.2) is 61.3 Å². The number of hydrogen-bond acceptors (Lipinski definition) is 8. The van der Waals surface area contributed by atoms with Crippen LogP contribution < -0.4 is 20.5 Å². The smallest absolute Gasteiger partial charge is 0.255 e. The van der Waals surface area contributed by atoms with Crippen molar-refractivity contribution < 1.29 is 18.8 Å². The molecule has 1 aromatic heterocycles. The average molecular weight is 410 g/mol. The lowest BCUT2D eigenvalue weighted by molar-refractivity contribution is -0.119. The van der Waals surface area contributed by atoms with Gasteiger partial charge < -0.3 is 25.0 Å². The zero-order chi connectivity index (χ0) is 19.2. The minimum Gasteiger partial charge on any atom is -0.493 e. The van der Waals surface area contributed by atoms with Crippen LogP contribution in [0.15, 0.2) is 22.7 Å². The van der Waals surface area contributed by atoms with Gasteiger partial charge in [0.2, 0.25) is 0 Å². The van der Waals surface area contributed by atoms with Crippen molar-refractivity contribution in [2.45, 2.75) is 6.04 Å². The number of nitrogens with one attached hydrogen (secondary N) is 1. The summed E-state index contributed by atoms with van der Waals surface area (Å²) in [6.07, 6.45) is 3.58. The van der Waals surface area contributed by atoms with Gasteiger partial charge in [-0.3, -0.25) is 9.69 Å². The molecule has 0 radical (unpaired) electrons. The van der Waals surface area contributed by atoms with Gasteiger partial charge in [0.05, 0.1) is 13.2 Å². The average Bonchev–Trinajstić information content (AvgIpc) is 3.14. The Morgan fingerprint density at radius 1 is 1.43 bits per heavy atom. The maximum absolute atomic E-state index is 10.9. The van der Waals surface area contributed by atoms with Crippen LogP contribution in [-0.2, 0) is 4.79 Å². The van der Waals surface area contributed by atoms with E-state index in [1.54, 1.807) is 18.2 Å². The van der Waals surface area contributed by atoms with Crippen LogP contribution in [0.5, 0.6) is 11.5 Å². The predicted octanol–water partition coefficient (Wildman–Crippen LogP) is 1.11. The first kappa shape index (κ1) is 21.7. The minimum atomic E-state index is -0.549. The van der Waals surface area contributed by atoms with Gasteiger partial charge in [0, 0.05) is 25.7 Å². The number of piperazine rings is 1. The van der Waals surface area contributed by atoms with Gasteiger partial charge in [0.1, 0.15) is 0 Å². The quantitative estimate of drug-likeness (QED) is 0.698. The van der Waals surface area contributed by atoms with E-state index in [1.165, 1.54) is 7.11 Å². The van der Waals surface area contributed by atoms with Crippen LogP contribution >= 0.6 is 12.4 Å². The molecule has 1 aliphatic rings. The number of carbonyl (C=O) groups is 1. The molecule has 1 fully saturated rings. The lowest BCUT2D eigenvalue weighted by Gasteiger charge is -2.30. The van der Waals surface area contributed by atoms with Crippen LogP contribution in [0.4, 0.5) is 0 Å². The van der Waals surface area contributed by atoms with Gasteiger partial charge in [-0.05, 0) is 30.8 Å². The number of rotatable bonds is 7. The first-order valence-electron chi connectivity index (χ1n) is 8.58. The maximum atomic E-state index is 10.9. The number of carbonyl (C=O) groups excluding carboxylic acids is 1. The fraction of sp³-hybridized carbons (Fsp3) is 0.389. The summed E-state index contributed by atoms with van der Waals surface area (Å²) in [4.78, 5) is 17.5. The highest BCUT2D eigenvalue weighted by atomic mass is 35.5. The van der Waals surface area contributed by atoms with Gasteiger partial charge in [-0.1, -0.05) is 11.2 Å². The van der Waals surface area contributed by atoms with Crippen molar-refractivity contribution in [3.63, 3.8) is 0 Å². The Balaban J connectivity index is 0.00000280. The van der Waals surface area contributed by atoms with Crippen molar-refractivity contribution in [2.24, 2.45) is 5.73 Å². The summed E-state index contributed by atoms with van der Waals surface area (Å²) in [7, 11) is 3.57. The summed E-state index contributed by atoms with van der Waals surface area (Å²) in [5.41, 5.74) is 5.95. The number of methoxy groups -OCH3 is 1. The van der Waals surface area contributed by atoms with E-state index < -0.39 is 5.91 Å². The molecule has 10 heteroatoms. The number of hydrogen-bond donors (Lipinski definition) is 2. The number of benzene rings is 1. The zero-order valence-corrected chi connectivity index (χ0v) is 16.6. The third-order valence-electron chi connectivity index (χ3n) is 4.24. The number of aromatic nitrogens is 2. The summed E-state index contributed by atoms with van der Waals surface area (Å²) in [6.45, 7) is 2.48. The van der Waals surface area contributed by atoms with E-state index in [2.05, 4.69) is 20.4 Å². The molecule has 9 nitrogen and oxygen atoms in total. The van der Waals surface area contributed by atoms with Crippen molar-refractivity contribution in [3.05, 3.63) is 35.5 Å². The lowest BCUT2D eigenvalue weighted by Crippen LogP contribution is -2.44. The van der Waals surface area contributed by atoms with Gasteiger partial charge >= 0.3 is 0 Å². The number of primary amides is 1. The molecule has 2 aromatic rings. The van der Waals surface area contributed by atoms with E-state index in [-0.39, 0.29) is 25.1 Å². The molecule has 3 N–H and O–H groups in total. The molecule has 1 aromatic carbocycles. The number of likely N-dealkylation sites (N-methyl/N-ethyl adjacent to an activating group) is 1. The number of amides is 1. The lowest BCUT2D eigenvalue weighted by atomic mass is 10.2. The van der Waals surface area contributed by atoms with E-state index in [1.807, 2.05) is 19.2 Å². The second-order valence-electron chi connectivity index (χ2n) is 6.19. The van der Waals surface area contributed by atoms with Gasteiger partial charge in [0.25, 0.3) is 11.8 Å². The monoisotopic (exact) mass is 409 g/mol. The van der Waals surface area contributed by atoms with E-state index in [0.717, 1.165) is 25.2 Å². The second-order valence-corrected chi connectivity index (χ2v) is 6.19. The largest absolute Gasteiger partial charge is 0.493 e. The Morgan fingerprint density at radius 3 is 2.96 bits per heavy atom. The first-order chi connectivity index (χ1) is 13.1. The molecule has 0 spiro atoms. The van der Waals surface area contributed by atoms with Crippen molar-refractivity contribution in [3.8, 4) is 11.5 Å². The molecule has 1 unspecified atom stereocenters. The van der Waals surface area contributed by atoms with Gasteiger partial charge in [0.15, 0.2) is 23.9 Å². The van der Waals surface area contributed by atoms with Crippen molar-refractivity contribution in [1.29, 1.82) is 0 Å². The van der Waals surface area contributed by atoms with E-state index in [4.69, 9.17) is 19.7 Å². The topological polar surface area (TPSA) is 116 Å². The summed E-state index contributed by atoms with van der Waals surface area (Å²) in [5.74, 6) is 1.49. The van der Waals surface area contributed by atoms with Crippen LogP contribution in [0, 0.1) is 0 Å². The molecule has 1 saturated heterocycles. The van der Waals surface area contributed by atoms with Crippen molar-refractivity contribution >= 4 is 30.5 Å². The number of nitrogens with zero attached hydrogens (tertiary/aromatic N) is 3. The van der Waals surface area contributed by atoms with Gasteiger partial charge in [-0.2, -0.15) is 4.98 Å². The predicted molar refractivity (Wildman–Crippen MR) is 106 cm³/mol. The molecule has 0 saturated carbocycles. The highest BCUT2D eigenvalue weighted by Crippen LogP contribution is 2.28. The van der Waals surface area contributed by atoms with Crippen LogP contribution in [0.3, 0.4) is 0 Å². The molecular weight excluding hydrogens is 386 g/mol. The number of halogens is 1. The Bertz CT molecular complexity index is 826. The van der Waals surface area contributed by atoms with Gasteiger partial charge in [-0.25, -0.2) is 0 Å². The molecule has 1 aliphatic heterocycles. The molecule has 0 aliphatic carbocycles. The highest BCUT2D eigenvalue weighted by molar-refractivity contribution is 5.85. The first-order valence-corrected chi connectivity index (χ1v) is 8.58. The molecule has 2 heterocycles. The van der Waals surface area contributed by atoms with Crippen molar-refractivity contribution in [1.82, 2.24) is 20.4 Å². The molecule has 1 atom stereocenters. The Labute approximate surface area is 169 Å². The molecule has 28 heavy (non-hydrogen) atoms. The number of ether oxygens (including phenoxy) is 2. The molecule has 3 rings (SSSR count). The maximum Gasteiger partial charge on any atom is 0.255 e. The summed E-state index contributed by atoms with van der Waals surface area (Å²) in [5, 5.41) is 7.41. The van der Waals surface area contributed by atoms with Crippen LogP contribution in [0.1, 0.15) is 23.3 Å². The third kappa shape index (κ3) is 5.44. The Kier molecular flexibility index (Phi) is 7.80. The molecule has 1 amide bonds. The van der Waals surface area contributed by atoms with Crippen LogP contribution in [0.2, 0.25) is 0 Å². The fourth-order valence-electron chi connectivity index (χ4n) is 2.77. The summed E-state index contributed by atoms with van der Waals surface area (Å²) in [6, 6.07) is 5.42. The summed E-state index contributed by atoms with van der Waals surface area (Å²) < 4.78 is 15.9. The second kappa shape index (κ2) is 10.1. The molecule has 0 bridgehead atoms. The van der Waals surface area contributed by atoms with E-state index in [9.17, 15) is 4.79 Å². The van der Waals surface area contributed by atoms with Gasteiger partial charge in [-0.15, -0.1) is 12.4 Å². The van der Waals surface area contributed by atoms with Crippen LogP contribution in [0.25, 0.3) is 12.2 Å². The summed E-state index contributed by atoms with van der Waals surface area (Å²) >= 11 is 0. The number of nitrogens with two attached hydrogens (primary N) is 1. The van der Waals surface area contributed by atoms with Crippen molar-refractivity contribution in [2.75, 3.05) is 40.4 Å². The zero-order valence-electron chi connectivity index (χ0n) is 15.8. The van der Waals surface area contributed by atoms with E-state index >= 15 is 0 Å². The third-order valence-corrected chi connectivity index (χ3v) is 4.24. The van der Waals surface area contributed by atoms with E-state index in [0.29, 0.717) is 23.2 Å². The minimum absolute atomic E-state index is 0. The Hall–Kier alpha value is -2.62.